The van der Waals surface area contributed by atoms with E-state index in [-0.39, 0.29) is 13.0 Å². The normalized spacial score (nSPS) is 11.1. The number of rotatable bonds is 8. The van der Waals surface area contributed by atoms with Crippen LogP contribution < -0.4 is 30.7 Å². The van der Waals surface area contributed by atoms with Crippen LogP contribution >= 0.6 is 0 Å². The fourth-order valence-electron chi connectivity index (χ4n) is 2.28. The molecule has 0 aromatic heterocycles. The largest absolute Gasteiger partial charge is 0.497 e. The molecule has 0 bridgehead atoms. The van der Waals surface area contributed by atoms with Crippen LogP contribution in [0.25, 0.3) is 0 Å². The molecule has 146 valence electrons. The van der Waals surface area contributed by atoms with Crippen LogP contribution in [0.5, 0.6) is 11.5 Å². The molecule has 2 rings (SSSR count). The fourth-order valence-corrected chi connectivity index (χ4v) is 5.09. The van der Waals surface area contributed by atoms with Gasteiger partial charge in [-0.1, -0.05) is 18.2 Å². The van der Waals surface area contributed by atoms with Crippen LogP contribution in [0.2, 0.25) is 0 Å². The van der Waals surface area contributed by atoms with E-state index in [4.69, 9.17) is 9.47 Å². The zero-order valence-electron chi connectivity index (χ0n) is 14.8. The Morgan fingerprint density at radius 2 is 1.78 bits per heavy atom. The Bertz CT molecular complexity index is 764. The Labute approximate surface area is 165 Å². The molecule has 0 spiro atoms. The molecular formula is C19H19F3IO4+. The maximum atomic E-state index is 12.2. The smallest absolute Gasteiger partial charge is 0.490 e. The van der Waals surface area contributed by atoms with E-state index in [9.17, 15) is 18.0 Å². The van der Waals surface area contributed by atoms with Gasteiger partial charge in [-0.05, 0) is 31.0 Å². The molecule has 0 aliphatic rings. The van der Waals surface area contributed by atoms with Crippen molar-refractivity contribution in [1.82, 2.24) is 0 Å². The molecule has 0 amide bonds. The molecule has 2 aromatic rings. The van der Waals surface area contributed by atoms with Gasteiger partial charge in [0, 0.05) is 11.6 Å². The number of carbonyl (C=O) groups excluding carboxylic acids is 1. The highest BCUT2D eigenvalue weighted by atomic mass is 127. The molecule has 0 aliphatic heterocycles. The summed E-state index contributed by atoms with van der Waals surface area (Å²) in [6.45, 7) is -0.305. The quantitative estimate of drug-likeness (QED) is 0.310. The molecule has 0 N–H and O–H groups in total. The van der Waals surface area contributed by atoms with E-state index in [1.165, 1.54) is 10.7 Å². The van der Waals surface area contributed by atoms with Crippen molar-refractivity contribution in [3.05, 3.63) is 55.2 Å². The van der Waals surface area contributed by atoms with E-state index in [0.717, 1.165) is 9.13 Å². The van der Waals surface area contributed by atoms with Gasteiger partial charge in [0.2, 0.25) is 3.57 Å². The zero-order valence-corrected chi connectivity index (χ0v) is 17.0. The summed E-state index contributed by atoms with van der Waals surface area (Å²) in [4.78, 5) is 10.8. The molecule has 2 aromatic carbocycles. The van der Waals surface area contributed by atoms with Gasteiger partial charge in [0.15, 0.2) is 9.32 Å². The van der Waals surface area contributed by atoms with Crippen LogP contribution in [0.3, 0.4) is 0 Å². The number of carbonyl (C=O) groups is 1. The Hall–Kier alpha value is -1.97. The minimum Gasteiger partial charge on any atom is -0.497 e. The Morgan fingerprint density at radius 3 is 2.37 bits per heavy atom. The molecule has 0 atom stereocenters. The van der Waals surface area contributed by atoms with Crippen molar-refractivity contribution >= 4 is 5.97 Å². The third kappa shape index (κ3) is 6.30. The third-order valence-corrected chi connectivity index (χ3v) is 6.64. The van der Waals surface area contributed by atoms with Crippen molar-refractivity contribution in [3.63, 3.8) is 0 Å². The van der Waals surface area contributed by atoms with Gasteiger partial charge < -0.3 is 14.2 Å². The van der Waals surface area contributed by atoms with Crippen LogP contribution in [0.15, 0.2) is 42.5 Å². The average molecular weight is 495 g/mol. The number of aryl methyl sites for hydroxylation is 1. The highest BCUT2D eigenvalue weighted by Gasteiger charge is 2.40. The molecule has 0 unspecified atom stereocenters. The summed E-state index contributed by atoms with van der Waals surface area (Å²) in [5.74, 6) is -0.870. The Kier molecular flexibility index (Phi) is 7.76. The van der Waals surface area contributed by atoms with Crippen molar-refractivity contribution in [1.29, 1.82) is 0 Å². The molecule has 27 heavy (non-hydrogen) atoms. The topological polar surface area (TPSA) is 44.8 Å². The fraction of sp³-hybridized carbons (Fsp3) is 0.316. The highest BCUT2D eigenvalue weighted by molar-refractivity contribution is 5.75. The maximum absolute atomic E-state index is 12.2. The lowest BCUT2D eigenvalue weighted by molar-refractivity contribution is -0.599. The molecular weight excluding hydrogens is 476 g/mol. The summed E-state index contributed by atoms with van der Waals surface area (Å²) in [7, 11) is 3.11. The summed E-state index contributed by atoms with van der Waals surface area (Å²) in [6.07, 6.45) is -4.26. The first-order valence-electron chi connectivity index (χ1n) is 8.04. The number of methoxy groups -OCH3 is 2. The first-order chi connectivity index (χ1) is 12.8. The summed E-state index contributed by atoms with van der Waals surface area (Å²) in [6, 6.07) is 13.6. The SMILES string of the molecule is COc1cc(CCCOC(=O)C(F)(F)F)c([I+]c2ccccc2)c(OC)c1. The zero-order chi connectivity index (χ0) is 19.9. The lowest BCUT2D eigenvalue weighted by atomic mass is 10.1. The number of esters is 1. The summed E-state index contributed by atoms with van der Waals surface area (Å²) < 4.78 is 53.9. The van der Waals surface area contributed by atoms with Gasteiger partial charge in [-0.25, -0.2) is 4.79 Å². The second-order valence-electron chi connectivity index (χ2n) is 5.43. The molecule has 0 aliphatic carbocycles. The van der Waals surface area contributed by atoms with Gasteiger partial charge in [-0.3, -0.25) is 0 Å². The Balaban J connectivity index is 2.16. The molecule has 4 nitrogen and oxygen atoms in total. The van der Waals surface area contributed by atoms with Gasteiger partial charge in [0.1, 0.15) is 5.75 Å². The van der Waals surface area contributed by atoms with Gasteiger partial charge in [0.25, 0.3) is 0 Å². The van der Waals surface area contributed by atoms with Crippen molar-refractivity contribution in [3.8, 4) is 11.5 Å². The van der Waals surface area contributed by atoms with Crippen molar-refractivity contribution < 1.29 is 53.4 Å². The standard InChI is InChI=1S/C19H19F3IO4/c1-25-15-11-13(7-6-10-27-18(24)19(20,21)22)17(16(12-15)26-2)23-14-8-4-3-5-9-14/h3-5,8-9,11-12H,6-7,10H2,1-2H3/q+1. The van der Waals surface area contributed by atoms with Crippen LogP contribution in [0.1, 0.15) is 12.0 Å². The van der Waals surface area contributed by atoms with E-state index in [1.807, 2.05) is 36.4 Å². The molecule has 0 fully saturated rings. The van der Waals surface area contributed by atoms with E-state index in [2.05, 4.69) is 4.74 Å². The van der Waals surface area contributed by atoms with Crippen LogP contribution in [0.4, 0.5) is 13.2 Å². The minimum absolute atomic E-state index is 0.268. The second kappa shape index (κ2) is 9.82. The summed E-state index contributed by atoms with van der Waals surface area (Å²) in [5, 5.41) is 0. The minimum atomic E-state index is -4.97. The number of hydrogen-bond donors (Lipinski definition) is 0. The van der Waals surface area contributed by atoms with E-state index >= 15 is 0 Å². The third-order valence-electron chi connectivity index (χ3n) is 3.54. The van der Waals surface area contributed by atoms with Crippen molar-refractivity contribution in [2.24, 2.45) is 0 Å². The molecule has 0 saturated carbocycles. The predicted molar refractivity (Wildman–Crippen MR) is 88.7 cm³/mol. The number of hydrogen-bond acceptors (Lipinski definition) is 4. The van der Waals surface area contributed by atoms with Crippen molar-refractivity contribution in [2.45, 2.75) is 19.0 Å². The van der Waals surface area contributed by atoms with Crippen LogP contribution in [-0.4, -0.2) is 33.0 Å². The maximum Gasteiger partial charge on any atom is 0.490 e. The highest BCUT2D eigenvalue weighted by Crippen LogP contribution is 2.24. The molecule has 8 heteroatoms. The van der Waals surface area contributed by atoms with Crippen molar-refractivity contribution in [2.75, 3.05) is 20.8 Å². The molecule has 0 heterocycles. The van der Waals surface area contributed by atoms with Crippen LogP contribution in [-0.2, 0) is 16.0 Å². The van der Waals surface area contributed by atoms with E-state index in [1.54, 1.807) is 13.2 Å². The van der Waals surface area contributed by atoms with Gasteiger partial charge >= 0.3 is 33.4 Å². The lowest BCUT2D eigenvalue weighted by Gasteiger charge is -2.10. The second-order valence-corrected chi connectivity index (χ2v) is 8.29. The summed E-state index contributed by atoms with van der Waals surface area (Å²) >= 11 is -0.561. The van der Waals surface area contributed by atoms with E-state index < -0.39 is 33.4 Å². The first-order valence-corrected chi connectivity index (χ1v) is 10.2. The number of alkyl halides is 3. The average Bonchev–Trinajstić information content (AvgIpc) is 2.65. The number of ether oxygens (including phenoxy) is 3. The number of halogens is 4. The van der Waals surface area contributed by atoms with Gasteiger partial charge in [0.05, 0.1) is 20.8 Å². The van der Waals surface area contributed by atoms with Gasteiger partial charge in [-0.2, -0.15) is 13.2 Å². The van der Waals surface area contributed by atoms with Gasteiger partial charge in [-0.15, -0.1) is 0 Å². The summed E-state index contributed by atoms with van der Waals surface area (Å²) in [5.41, 5.74) is 0.922. The first kappa shape index (κ1) is 21.3. The number of benzene rings is 2. The molecule has 0 radical (unpaired) electrons. The Morgan fingerprint density at radius 1 is 1.07 bits per heavy atom. The predicted octanol–water partition coefficient (Wildman–Crippen LogP) is 0.870. The van der Waals surface area contributed by atoms with E-state index in [0.29, 0.717) is 17.9 Å². The molecule has 0 saturated heterocycles. The monoisotopic (exact) mass is 495 g/mol. The lowest BCUT2D eigenvalue weighted by Crippen LogP contribution is -3.61. The van der Waals surface area contributed by atoms with Crippen LogP contribution in [0, 0.1) is 7.14 Å².